The average Bonchev–Trinajstić information content (AvgIpc) is 2.17. The van der Waals surface area contributed by atoms with Crippen molar-refractivity contribution in [2.75, 3.05) is 27.2 Å². The van der Waals surface area contributed by atoms with Gasteiger partial charge < -0.3 is 20.2 Å². The van der Waals surface area contributed by atoms with Gasteiger partial charge in [-0.1, -0.05) is 0 Å². The number of hydrogen-bond donors (Lipinski definition) is 2. The molecule has 0 radical (unpaired) electrons. The number of nitrogens with zero attached hydrogens (tertiary/aromatic N) is 2. The predicted octanol–water partition coefficient (Wildman–Crippen LogP) is 0.400. The third-order valence-corrected chi connectivity index (χ3v) is 2.48. The zero-order valence-electron chi connectivity index (χ0n) is 9.06. The van der Waals surface area contributed by atoms with Gasteiger partial charge in [0.15, 0.2) is 0 Å². The Morgan fingerprint density at radius 2 is 1.87 bits per heavy atom. The maximum Gasteiger partial charge on any atom is 0.404 e. The molecule has 0 aliphatic carbocycles. The summed E-state index contributed by atoms with van der Waals surface area (Å²) in [7, 11) is 3.42. The molecule has 1 aliphatic rings. The molecule has 6 heteroatoms. The second-order valence-electron chi connectivity index (χ2n) is 3.89. The summed E-state index contributed by atoms with van der Waals surface area (Å²) in [5, 5.41) is 11.0. The molecule has 0 aromatic heterocycles. The van der Waals surface area contributed by atoms with E-state index in [1.165, 1.54) is 4.90 Å². The van der Waals surface area contributed by atoms with E-state index in [4.69, 9.17) is 5.11 Å². The first-order valence-corrected chi connectivity index (χ1v) is 4.96. The second-order valence-corrected chi connectivity index (χ2v) is 3.89. The van der Waals surface area contributed by atoms with Gasteiger partial charge in [0.2, 0.25) is 0 Å². The Balaban J connectivity index is 2.35. The number of hydrogen-bond acceptors (Lipinski definition) is 2. The molecule has 1 rings (SSSR count). The van der Waals surface area contributed by atoms with Gasteiger partial charge in [0.25, 0.3) is 0 Å². The lowest BCUT2D eigenvalue weighted by Gasteiger charge is -2.33. The van der Waals surface area contributed by atoms with Crippen LogP contribution in [0.1, 0.15) is 12.8 Å². The van der Waals surface area contributed by atoms with Crippen molar-refractivity contribution >= 4 is 12.1 Å². The van der Waals surface area contributed by atoms with E-state index in [0.717, 1.165) is 0 Å². The van der Waals surface area contributed by atoms with E-state index in [1.807, 2.05) is 0 Å². The van der Waals surface area contributed by atoms with Crippen LogP contribution in [0.25, 0.3) is 0 Å². The van der Waals surface area contributed by atoms with Gasteiger partial charge in [0.1, 0.15) is 0 Å². The van der Waals surface area contributed by atoms with Gasteiger partial charge in [-0.3, -0.25) is 0 Å². The quantitative estimate of drug-likeness (QED) is 0.665. The summed E-state index contributed by atoms with van der Waals surface area (Å²) in [6.07, 6.45) is 0.380. The highest BCUT2D eigenvalue weighted by Crippen LogP contribution is 2.11. The third kappa shape index (κ3) is 3.30. The Labute approximate surface area is 88.8 Å². The minimum atomic E-state index is -0.993. The molecule has 0 bridgehead atoms. The van der Waals surface area contributed by atoms with Crippen LogP contribution in [-0.2, 0) is 0 Å². The largest absolute Gasteiger partial charge is 0.465 e. The monoisotopic (exact) mass is 215 g/mol. The molecule has 3 amide bonds. The molecule has 0 aromatic carbocycles. The first kappa shape index (κ1) is 11.6. The number of carboxylic acid groups (broad SMARTS) is 1. The number of nitrogens with one attached hydrogen (secondary N) is 1. The van der Waals surface area contributed by atoms with Crippen LogP contribution in [0.5, 0.6) is 0 Å². The van der Waals surface area contributed by atoms with Crippen molar-refractivity contribution < 1.29 is 14.7 Å². The van der Waals surface area contributed by atoms with Crippen molar-refractivity contribution in [3.8, 4) is 0 Å². The molecule has 6 nitrogen and oxygen atoms in total. The topological polar surface area (TPSA) is 72.9 Å². The van der Waals surface area contributed by atoms with Crippen LogP contribution in [0, 0.1) is 0 Å². The van der Waals surface area contributed by atoms with Crippen molar-refractivity contribution in [3.05, 3.63) is 0 Å². The normalized spacial score (nSPS) is 17.3. The molecular weight excluding hydrogens is 198 g/mol. The highest BCUT2D eigenvalue weighted by molar-refractivity contribution is 5.74. The van der Waals surface area contributed by atoms with Gasteiger partial charge in [-0.25, -0.2) is 9.59 Å². The number of amides is 3. The Morgan fingerprint density at radius 1 is 1.33 bits per heavy atom. The van der Waals surface area contributed by atoms with Crippen LogP contribution in [0.4, 0.5) is 9.59 Å². The van der Waals surface area contributed by atoms with Crippen molar-refractivity contribution in [3.63, 3.8) is 0 Å². The fraction of sp³-hybridized carbons (Fsp3) is 0.778. The third-order valence-electron chi connectivity index (χ3n) is 2.48. The first-order chi connectivity index (χ1) is 7.00. The molecule has 1 saturated heterocycles. The molecule has 0 unspecified atom stereocenters. The fourth-order valence-corrected chi connectivity index (χ4v) is 1.67. The SMILES string of the molecule is CN(C)C(=O)N1CCC(NC(=O)O)CC1. The Morgan fingerprint density at radius 3 is 2.27 bits per heavy atom. The molecule has 0 saturated carbocycles. The van der Waals surface area contributed by atoms with Gasteiger partial charge >= 0.3 is 12.1 Å². The first-order valence-electron chi connectivity index (χ1n) is 4.96. The van der Waals surface area contributed by atoms with Gasteiger partial charge in [-0.05, 0) is 12.8 Å². The minimum absolute atomic E-state index is 0.0104. The number of rotatable bonds is 1. The summed E-state index contributed by atoms with van der Waals surface area (Å²) >= 11 is 0. The van der Waals surface area contributed by atoms with Crippen molar-refractivity contribution in [1.82, 2.24) is 15.1 Å². The number of likely N-dealkylation sites (tertiary alicyclic amines) is 1. The molecule has 15 heavy (non-hydrogen) atoms. The second kappa shape index (κ2) is 4.86. The zero-order valence-corrected chi connectivity index (χ0v) is 9.06. The van der Waals surface area contributed by atoms with Crippen LogP contribution in [0.2, 0.25) is 0 Å². The van der Waals surface area contributed by atoms with Gasteiger partial charge in [0.05, 0.1) is 0 Å². The van der Waals surface area contributed by atoms with Gasteiger partial charge in [-0.2, -0.15) is 0 Å². The predicted molar refractivity (Wildman–Crippen MR) is 54.8 cm³/mol. The van der Waals surface area contributed by atoms with E-state index in [-0.39, 0.29) is 12.1 Å². The number of urea groups is 1. The molecule has 86 valence electrons. The molecule has 2 N–H and O–H groups in total. The average molecular weight is 215 g/mol. The number of piperidine rings is 1. The molecular formula is C9H17N3O3. The summed E-state index contributed by atoms with van der Waals surface area (Å²) in [4.78, 5) is 25.2. The Bertz CT molecular complexity index is 247. The molecule has 0 atom stereocenters. The van der Waals surface area contributed by atoms with Crippen molar-refractivity contribution in [2.24, 2.45) is 0 Å². The maximum atomic E-state index is 11.5. The Hall–Kier alpha value is -1.46. The molecule has 1 heterocycles. The molecule has 0 aromatic rings. The maximum absolute atomic E-state index is 11.5. The van der Waals surface area contributed by atoms with E-state index >= 15 is 0 Å². The highest BCUT2D eigenvalue weighted by Gasteiger charge is 2.24. The summed E-state index contributed by atoms with van der Waals surface area (Å²) < 4.78 is 0. The summed E-state index contributed by atoms with van der Waals surface area (Å²) in [6.45, 7) is 1.23. The van der Waals surface area contributed by atoms with Crippen LogP contribution < -0.4 is 5.32 Å². The summed E-state index contributed by atoms with van der Waals surface area (Å²) in [6, 6.07) is -0.0301. The Kier molecular flexibility index (Phi) is 3.76. The van der Waals surface area contributed by atoms with E-state index in [2.05, 4.69) is 5.32 Å². The number of carbonyl (C=O) groups excluding carboxylic acids is 1. The van der Waals surface area contributed by atoms with E-state index in [0.29, 0.717) is 25.9 Å². The van der Waals surface area contributed by atoms with Crippen LogP contribution in [-0.4, -0.2) is 60.3 Å². The van der Waals surface area contributed by atoms with E-state index in [1.54, 1.807) is 19.0 Å². The number of carbonyl (C=O) groups is 2. The summed E-state index contributed by atoms with van der Waals surface area (Å²) in [5.74, 6) is 0. The minimum Gasteiger partial charge on any atom is -0.465 e. The van der Waals surface area contributed by atoms with Crippen molar-refractivity contribution in [1.29, 1.82) is 0 Å². The lowest BCUT2D eigenvalue weighted by Crippen LogP contribution is -2.48. The smallest absolute Gasteiger partial charge is 0.404 e. The lowest BCUT2D eigenvalue weighted by molar-refractivity contribution is 0.148. The standard InChI is InChI=1S/C9H17N3O3/c1-11(2)9(15)12-5-3-7(4-6-12)10-8(13)14/h7,10H,3-6H2,1-2H3,(H,13,14). The molecule has 0 spiro atoms. The van der Waals surface area contributed by atoms with Gasteiger partial charge in [-0.15, -0.1) is 0 Å². The fourth-order valence-electron chi connectivity index (χ4n) is 1.67. The van der Waals surface area contributed by atoms with Gasteiger partial charge in [0, 0.05) is 33.2 Å². The van der Waals surface area contributed by atoms with E-state index in [9.17, 15) is 9.59 Å². The van der Waals surface area contributed by atoms with Crippen LogP contribution in [0.15, 0.2) is 0 Å². The van der Waals surface area contributed by atoms with Crippen LogP contribution >= 0.6 is 0 Å². The molecule has 1 fully saturated rings. The molecule has 1 aliphatic heterocycles. The van der Waals surface area contributed by atoms with E-state index < -0.39 is 6.09 Å². The lowest BCUT2D eigenvalue weighted by atomic mass is 10.1. The summed E-state index contributed by atoms with van der Waals surface area (Å²) in [5.41, 5.74) is 0. The zero-order chi connectivity index (χ0) is 11.4. The van der Waals surface area contributed by atoms with Crippen LogP contribution in [0.3, 0.4) is 0 Å². The van der Waals surface area contributed by atoms with Crippen molar-refractivity contribution in [2.45, 2.75) is 18.9 Å². The highest BCUT2D eigenvalue weighted by atomic mass is 16.4.